The molecule has 0 saturated heterocycles. The Morgan fingerprint density at radius 1 is 1.50 bits per heavy atom. The zero-order valence-electron chi connectivity index (χ0n) is 5.36. The minimum atomic E-state index is 0.700. The number of nitrogens with zero attached hydrogens (tertiary/aromatic N) is 2. The Labute approximate surface area is 58.1 Å². The van der Waals surface area contributed by atoms with Crippen molar-refractivity contribution >= 4 is 11.2 Å². The van der Waals surface area contributed by atoms with E-state index in [4.69, 9.17) is 5.73 Å². The fourth-order valence-corrected chi connectivity index (χ4v) is 0.942. The van der Waals surface area contributed by atoms with Crippen LogP contribution in [-0.4, -0.2) is 9.61 Å². The molecule has 50 valence electrons. The Bertz CT molecular complexity index is 350. The van der Waals surface area contributed by atoms with E-state index in [1.54, 1.807) is 10.7 Å². The monoisotopic (exact) mass is 133 g/mol. The molecule has 2 heterocycles. The summed E-state index contributed by atoms with van der Waals surface area (Å²) in [5.41, 5.74) is 7.24. The predicted molar refractivity (Wildman–Crippen MR) is 39.6 cm³/mol. The van der Waals surface area contributed by atoms with E-state index in [2.05, 4.69) is 5.10 Å². The molecule has 0 saturated carbocycles. The summed E-state index contributed by atoms with van der Waals surface area (Å²) in [7, 11) is 0. The molecule has 0 bridgehead atoms. The van der Waals surface area contributed by atoms with Crippen LogP contribution in [0.2, 0.25) is 0 Å². The van der Waals surface area contributed by atoms with Gasteiger partial charge >= 0.3 is 0 Å². The number of anilines is 1. The van der Waals surface area contributed by atoms with E-state index in [-0.39, 0.29) is 0 Å². The van der Waals surface area contributed by atoms with E-state index in [1.807, 2.05) is 24.4 Å². The summed E-state index contributed by atoms with van der Waals surface area (Å²) in [5.74, 6) is 0. The summed E-state index contributed by atoms with van der Waals surface area (Å²) in [4.78, 5) is 0. The fourth-order valence-electron chi connectivity index (χ4n) is 0.942. The van der Waals surface area contributed by atoms with Crippen molar-refractivity contribution < 1.29 is 0 Å². The van der Waals surface area contributed by atoms with Crippen LogP contribution in [0.15, 0.2) is 30.6 Å². The molecule has 0 amide bonds. The maximum absolute atomic E-state index is 5.51. The maximum Gasteiger partial charge on any atom is 0.0709 e. The number of rotatable bonds is 0. The van der Waals surface area contributed by atoms with Gasteiger partial charge < -0.3 is 5.73 Å². The van der Waals surface area contributed by atoms with Crippen molar-refractivity contribution in [3.05, 3.63) is 30.6 Å². The first-order chi connectivity index (χ1) is 4.86. The molecule has 10 heavy (non-hydrogen) atoms. The van der Waals surface area contributed by atoms with Gasteiger partial charge in [0.15, 0.2) is 0 Å². The Hall–Kier alpha value is -1.51. The molecule has 0 unspecified atom stereocenters. The number of nitrogen functional groups attached to an aromatic ring is 1. The van der Waals surface area contributed by atoms with E-state index in [0.29, 0.717) is 5.69 Å². The highest BCUT2D eigenvalue weighted by molar-refractivity contribution is 5.54. The first-order valence-corrected chi connectivity index (χ1v) is 3.05. The summed E-state index contributed by atoms with van der Waals surface area (Å²) in [6, 6.07) is 5.78. The summed E-state index contributed by atoms with van der Waals surface area (Å²) < 4.78 is 1.77. The number of hydrogen-bond acceptors (Lipinski definition) is 2. The number of fused-ring (bicyclic) bond motifs is 1. The van der Waals surface area contributed by atoms with Crippen LogP contribution in [0.1, 0.15) is 0 Å². The molecule has 0 spiro atoms. The number of hydrogen-bond donors (Lipinski definition) is 1. The molecule has 0 aromatic carbocycles. The largest absolute Gasteiger partial charge is 0.397 e. The zero-order chi connectivity index (χ0) is 6.97. The molecule has 2 rings (SSSR count). The van der Waals surface area contributed by atoms with Gasteiger partial charge in [-0.05, 0) is 18.2 Å². The molecule has 0 fully saturated rings. The van der Waals surface area contributed by atoms with Gasteiger partial charge in [-0.3, -0.25) is 0 Å². The zero-order valence-corrected chi connectivity index (χ0v) is 5.36. The van der Waals surface area contributed by atoms with Gasteiger partial charge in [0.25, 0.3) is 0 Å². The van der Waals surface area contributed by atoms with Crippen LogP contribution in [0.4, 0.5) is 5.69 Å². The first-order valence-electron chi connectivity index (χ1n) is 3.05. The Morgan fingerprint density at radius 3 is 3.30 bits per heavy atom. The lowest BCUT2D eigenvalue weighted by atomic mass is 10.4. The smallest absolute Gasteiger partial charge is 0.0709 e. The Kier molecular flexibility index (Phi) is 0.917. The molecule has 0 atom stereocenters. The summed E-state index contributed by atoms with van der Waals surface area (Å²) in [6.45, 7) is 0. The molecule has 2 aromatic heterocycles. The highest BCUT2D eigenvalue weighted by atomic mass is 15.2. The third kappa shape index (κ3) is 0.639. The second kappa shape index (κ2) is 1.73. The topological polar surface area (TPSA) is 43.3 Å². The minimum Gasteiger partial charge on any atom is -0.397 e. The van der Waals surface area contributed by atoms with Gasteiger partial charge in [0.05, 0.1) is 17.4 Å². The molecule has 3 nitrogen and oxygen atoms in total. The van der Waals surface area contributed by atoms with Gasteiger partial charge in [-0.1, -0.05) is 0 Å². The third-order valence-corrected chi connectivity index (χ3v) is 1.40. The van der Waals surface area contributed by atoms with Crippen molar-refractivity contribution in [2.24, 2.45) is 0 Å². The lowest BCUT2D eigenvalue weighted by Gasteiger charge is -1.93. The Balaban J connectivity index is 2.86. The van der Waals surface area contributed by atoms with Gasteiger partial charge in [0.1, 0.15) is 0 Å². The van der Waals surface area contributed by atoms with Crippen molar-refractivity contribution in [3.8, 4) is 0 Å². The first kappa shape index (κ1) is 5.29. The van der Waals surface area contributed by atoms with E-state index in [0.717, 1.165) is 5.52 Å². The molecule has 0 aliphatic carbocycles. The third-order valence-electron chi connectivity index (χ3n) is 1.40. The van der Waals surface area contributed by atoms with E-state index in [1.165, 1.54) is 0 Å². The fraction of sp³-hybridized carbons (Fsp3) is 0. The van der Waals surface area contributed by atoms with Crippen molar-refractivity contribution in [2.75, 3.05) is 5.73 Å². The van der Waals surface area contributed by atoms with Crippen LogP contribution < -0.4 is 5.73 Å². The molecular weight excluding hydrogens is 126 g/mol. The Morgan fingerprint density at radius 2 is 2.40 bits per heavy atom. The average Bonchev–Trinajstić information content (AvgIpc) is 2.33. The molecule has 2 aromatic rings. The van der Waals surface area contributed by atoms with E-state index < -0.39 is 0 Å². The SMILES string of the molecule is Nc1cnn2cccc2c1. The van der Waals surface area contributed by atoms with Crippen LogP contribution in [0.5, 0.6) is 0 Å². The van der Waals surface area contributed by atoms with Crippen molar-refractivity contribution in [1.82, 2.24) is 9.61 Å². The molecule has 0 aliphatic rings. The van der Waals surface area contributed by atoms with E-state index >= 15 is 0 Å². The van der Waals surface area contributed by atoms with Crippen LogP contribution in [0.3, 0.4) is 0 Å². The van der Waals surface area contributed by atoms with Crippen LogP contribution in [0.25, 0.3) is 5.52 Å². The highest BCUT2D eigenvalue weighted by Crippen LogP contribution is 2.05. The lowest BCUT2D eigenvalue weighted by molar-refractivity contribution is 0.943. The predicted octanol–water partition coefficient (Wildman–Crippen LogP) is 0.917. The van der Waals surface area contributed by atoms with Crippen molar-refractivity contribution in [3.63, 3.8) is 0 Å². The summed E-state index contributed by atoms with van der Waals surface area (Å²) >= 11 is 0. The summed E-state index contributed by atoms with van der Waals surface area (Å²) in [5, 5.41) is 4.03. The molecule has 3 heteroatoms. The van der Waals surface area contributed by atoms with Crippen molar-refractivity contribution in [2.45, 2.75) is 0 Å². The van der Waals surface area contributed by atoms with Gasteiger partial charge in [-0.2, -0.15) is 5.10 Å². The van der Waals surface area contributed by atoms with Gasteiger partial charge in [-0.15, -0.1) is 0 Å². The van der Waals surface area contributed by atoms with Crippen molar-refractivity contribution in [1.29, 1.82) is 0 Å². The number of aromatic nitrogens is 2. The van der Waals surface area contributed by atoms with Gasteiger partial charge in [0, 0.05) is 6.20 Å². The molecular formula is C7H7N3. The average molecular weight is 133 g/mol. The second-order valence-electron chi connectivity index (χ2n) is 2.17. The molecule has 2 N–H and O–H groups in total. The van der Waals surface area contributed by atoms with Crippen LogP contribution >= 0.6 is 0 Å². The van der Waals surface area contributed by atoms with Gasteiger partial charge in [0.2, 0.25) is 0 Å². The van der Waals surface area contributed by atoms with Crippen LogP contribution in [0, 0.1) is 0 Å². The molecule has 0 radical (unpaired) electrons. The maximum atomic E-state index is 5.51. The minimum absolute atomic E-state index is 0.700. The van der Waals surface area contributed by atoms with Crippen LogP contribution in [-0.2, 0) is 0 Å². The standard InChI is InChI=1S/C7H7N3/c8-6-4-7-2-1-3-10(7)9-5-6/h1-5H,8H2. The summed E-state index contributed by atoms with van der Waals surface area (Å²) in [6.07, 6.45) is 3.52. The number of nitrogens with two attached hydrogens (primary N) is 1. The second-order valence-corrected chi connectivity index (χ2v) is 2.17. The quantitative estimate of drug-likeness (QED) is 0.580. The normalized spacial score (nSPS) is 10.4. The molecule has 0 aliphatic heterocycles. The van der Waals surface area contributed by atoms with E-state index in [9.17, 15) is 0 Å². The highest BCUT2D eigenvalue weighted by Gasteiger charge is 1.90. The lowest BCUT2D eigenvalue weighted by Crippen LogP contribution is -1.91. The van der Waals surface area contributed by atoms with Gasteiger partial charge in [-0.25, -0.2) is 4.52 Å².